The molecule has 0 spiro atoms. The van der Waals surface area contributed by atoms with E-state index < -0.39 is 6.17 Å². The minimum absolute atomic E-state index is 0.133. The molecule has 2 bridgehead atoms. The first kappa shape index (κ1) is 9.00. The molecule has 1 saturated carbocycles. The van der Waals surface area contributed by atoms with E-state index in [9.17, 15) is 4.39 Å². The summed E-state index contributed by atoms with van der Waals surface area (Å²) in [6, 6.07) is 0.605. The smallest absolute Gasteiger partial charge is 0.116 e. The van der Waals surface area contributed by atoms with Crippen LogP contribution in [0.1, 0.15) is 12.8 Å². The van der Waals surface area contributed by atoms with Crippen molar-refractivity contribution in [2.75, 3.05) is 13.6 Å². The predicted octanol–water partition coefficient (Wildman–Crippen LogP) is 1.15. The Morgan fingerprint density at radius 2 is 2.38 bits per heavy atom. The van der Waals surface area contributed by atoms with Gasteiger partial charge in [0, 0.05) is 25.7 Å². The summed E-state index contributed by atoms with van der Waals surface area (Å²) in [4.78, 5) is 2.06. The molecule has 2 fully saturated rings. The lowest BCUT2D eigenvalue weighted by molar-refractivity contribution is 0.207. The van der Waals surface area contributed by atoms with Crippen molar-refractivity contribution in [3.8, 4) is 0 Å². The molecule has 2 unspecified atom stereocenters. The van der Waals surface area contributed by atoms with Crippen molar-refractivity contribution in [3.05, 3.63) is 12.8 Å². The predicted molar refractivity (Wildman–Crippen MR) is 51.2 cm³/mol. The zero-order valence-corrected chi connectivity index (χ0v) is 8.04. The molecule has 1 saturated heterocycles. The molecule has 3 heteroatoms. The van der Waals surface area contributed by atoms with Gasteiger partial charge in [0.2, 0.25) is 0 Å². The molecule has 1 N–H and O–H groups in total. The maximum atomic E-state index is 13.1. The van der Waals surface area contributed by atoms with Crippen molar-refractivity contribution >= 4 is 0 Å². The summed E-state index contributed by atoms with van der Waals surface area (Å²) in [6.07, 6.45) is 3.00. The maximum Gasteiger partial charge on any atom is 0.116 e. The van der Waals surface area contributed by atoms with Gasteiger partial charge in [0.15, 0.2) is 0 Å². The van der Waals surface area contributed by atoms with E-state index in [1.165, 1.54) is 0 Å². The van der Waals surface area contributed by atoms with Crippen molar-refractivity contribution in [2.24, 2.45) is 5.92 Å². The molecule has 1 aliphatic heterocycles. The van der Waals surface area contributed by atoms with Crippen molar-refractivity contribution in [2.45, 2.75) is 31.1 Å². The third-order valence-corrected chi connectivity index (χ3v) is 3.31. The molecule has 1 aliphatic carbocycles. The fourth-order valence-corrected chi connectivity index (χ4v) is 2.52. The van der Waals surface area contributed by atoms with Crippen LogP contribution in [0.3, 0.4) is 0 Å². The largest absolute Gasteiger partial charge is 0.379 e. The van der Waals surface area contributed by atoms with Gasteiger partial charge in [-0.2, -0.15) is 0 Å². The van der Waals surface area contributed by atoms with E-state index in [4.69, 9.17) is 0 Å². The van der Waals surface area contributed by atoms with E-state index >= 15 is 0 Å². The molecule has 2 rings (SSSR count). The van der Waals surface area contributed by atoms with Crippen LogP contribution in [0.4, 0.5) is 4.39 Å². The van der Waals surface area contributed by atoms with E-state index in [1.807, 2.05) is 13.2 Å². The summed E-state index contributed by atoms with van der Waals surface area (Å²) in [5.74, 6) is 0.544. The molecular formula is C10H17FN2. The number of alkyl halides is 1. The quantitative estimate of drug-likeness (QED) is 0.708. The number of fused-ring (bicyclic) bond motifs is 2. The number of hydrogen-bond acceptors (Lipinski definition) is 2. The Hall–Kier alpha value is -0.570. The molecule has 0 amide bonds. The fraction of sp³-hybridized carbons (Fsp3) is 0.800. The number of rotatable bonds is 3. The second-order valence-electron chi connectivity index (χ2n) is 4.25. The second kappa shape index (κ2) is 3.29. The summed E-state index contributed by atoms with van der Waals surface area (Å²) in [5, 5.41) is 3.34. The Morgan fingerprint density at radius 3 is 2.85 bits per heavy atom. The van der Waals surface area contributed by atoms with E-state index in [0.717, 1.165) is 19.4 Å². The molecule has 4 atom stereocenters. The number of hydrogen-bond donors (Lipinski definition) is 1. The van der Waals surface area contributed by atoms with Crippen LogP contribution in [0.15, 0.2) is 12.8 Å². The van der Waals surface area contributed by atoms with Crippen LogP contribution in [-0.2, 0) is 0 Å². The van der Waals surface area contributed by atoms with Crippen LogP contribution < -0.4 is 5.32 Å². The van der Waals surface area contributed by atoms with E-state index in [0.29, 0.717) is 12.0 Å². The van der Waals surface area contributed by atoms with Crippen LogP contribution in [-0.4, -0.2) is 36.7 Å². The maximum absolute atomic E-state index is 13.1. The first-order valence-corrected chi connectivity index (χ1v) is 4.93. The van der Waals surface area contributed by atoms with Gasteiger partial charge < -0.3 is 10.2 Å². The first-order valence-electron chi connectivity index (χ1n) is 4.93. The van der Waals surface area contributed by atoms with Crippen LogP contribution in [0.2, 0.25) is 0 Å². The molecule has 0 aromatic rings. The fourth-order valence-electron chi connectivity index (χ4n) is 2.52. The highest BCUT2D eigenvalue weighted by atomic mass is 19.1. The minimum Gasteiger partial charge on any atom is -0.379 e. The van der Waals surface area contributed by atoms with Crippen molar-refractivity contribution < 1.29 is 4.39 Å². The monoisotopic (exact) mass is 184 g/mol. The highest BCUT2D eigenvalue weighted by Crippen LogP contribution is 2.37. The van der Waals surface area contributed by atoms with Gasteiger partial charge >= 0.3 is 0 Å². The summed E-state index contributed by atoms with van der Waals surface area (Å²) in [5.41, 5.74) is 0. The summed E-state index contributed by atoms with van der Waals surface area (Å²) in [7, 11) is 2.01. The lowest BCUT2D eigenvalue weighted by Gasteiger charge is -2.28. The topological polar surface area (TPSA) is 15.3 Å². The average molecular weight is 184 g/mol. The third kappa shape index (κ3) is 1.57. The normalized spacial score (nSPS) is 42.3. The van der Waals surface area contributed by atoms with Gasteiger partial charge in [0.1, 0.15) is 6.17 Å². The third-order valence-electron chi connectivity index (χ3n) is 3.31. The second-order valence-corrected chi connectivity index (χ2v) is 4.25. The van der Waals surface area contributed by atoms with Gasteiger partial charge in [0.25, 0.3) is 0 Å². The summed E-state index contributed by atoms with van der Waals surface area (Å²) in [6.45, 7) is 4.66. The zero-order valence-electron chi connectivity index (χ0n) is 8.04. The number of halogens is 1. The molecule has 0 aromatic heterocycles. The Bertz CT molecular complexity index is 205. The molecule has 74 valence electrons. The zero-order chi connectivity index (χ0) is 9.42. The number of nitrogens with one attached hydrogen (secondary N) is 1. The van der Waals surface area contributed by atoms with Gasteiger partial charge in [-0.1, -0.05) is 6.58 Å². The summed E-state index contributed by atoms with van der Waals surface area (Å²) >= 11 is 0. The average Bonchev–Trinajstić information content (AvgIpc) is 2.63. The minimum atomic E-state index is -0.602. The van der Waals surface area contributed by atoms with Crippen LogP contribution in [0, 0.1) is 5.92 Å². The van der Waals surface area contributed by atoms with Crippen LogP contribution in [0.5, 0.6) is 0 Å². The molecule has 0 radical (unpaired) electrons. The lowest BCUT2D eigenvalue weighted by atomic mass is 9.99. The first-order chi connectivity index (χ1) is 6.20. The molecule has 13 heavy (non-hydrogen) atoms. The Morgan fingerprint density at radius 1 is 1.62 bits per heavy atom. The van der Waals surface area contributed by atoms with Crippen molar-refractivity contribution in [1.82, 2.24) is 10.2 Å². The highest BCUT2D eigenvalue weighted by Gasteiger charge is 2.45. The summed E-state index contributed by atoms with van der Waals surface area (Å²) < 4.78 is 13.1. The van der Waals surface area contributed by atoms with E-state index in [2.05, 4.69) is 16.8 Å². The molecule has 2 aliphatic rings. The van der Waals surface area contributed by atoms with Crippen molar-refractivity contribution in [1.29, 1.82) is 0 Å². The standard InChI is InChI=1S/C10H17FN2/c1-3-13(2)6-10-7-4-8(11)9(5-7)12-10/h3,7-10,12H,1,4-6H2,2H3/t7-,8-,9?,10?/m0/s1. The number of likely N-dealkylation sites (N-methyl/N-ethyl adjacent to an activating group) is 1. The van der Waals surface area contributed by atoms with E-state index in [1.54, 1.807) is 0 Å². The Labute approximate surface area is 78.8 Å². The van der Waals surface area contributed by atoms with Gasteiger partial charge in [-0.05, 0) is 25.0 Å². The van der Waals surface area contributed by atoms with Gasteiger partial charge in [0.05, 0.1) is 0 Å². The van der Waals surface area contributed by atoms with Crippen molar-refractivity contribution in [3.63, 3.8) is 0 Å². The highest BCUT2D eigenvalue weighted by molar-refractivity contribution is 5.03. The Balaban J connectivity index is 1.88. The number of piperidine rings is 1. The number of nitrogens with zero attached hydrogens (tertiary/aromatic N) is 1. The van der Waals surface area contributed by atoms with Gasteiger partial charge in [-0.25, -0.2) is 4.39 Å². The van der Waals surface area contributed by atoms with Crippen LogP contribution >= 0.6 is 0 Å². The SMILES string of the molecule is C=CN(C)CC1NC2C[C@@H]1C[C@@H]2F. The lowest BCUT2D eigenvalue weighted by Crippen LogP contribution is -2.46. The Kier molecular flexibility index (Phi) is 2.28. The van der Waals surface area contributed by atoms with E-state index in [-0.39, 0.29) is 6.04 Å². The molecular weight excluding hydrogens is 167 g/mol. The van der Waals surface area contributed by atoms with Crippen LogP contribution in [0.25, 0.3) is 0 Å². The molecule has 2 nitrogen and oxygen atoms in total. The van der Waals surface area contributed by atoms with Gasteiger partial charge in [-0.15, -0.1) is 0 Å². The molecule has 1 heterocycles. The molecule has 0 aromatic carbocycles. The van der Waals surface area contributed by atoms with Gasteiger partial charge in [-0.3, -0.25) is 0 Å².